The number of ether oxygens (including phenoxy) is 1. The van der Waals surface area contributed by atoms with Crippen molar-refractivity contribution in [2.75, 3.05) is 7.11 Å². The molecule has 0 radical (unpaired) electrons. The Morgan fingerprint density at radius 3 is 2.61 bits per heavy atom. The molecular weight excluding hydrogens is 461 g/mol. The molecule has 36 heavy (non-hydrogen) atoms. The zero-order valence-corrected chi connectivity index (χ0v) is 21.1. The topological polar surface area (TPSA) is 113 Å². The number of aromatic hydroxyl groups is 1. The summed E-state index contributed by atoms with van der Waals surface area (Å²) in [6.45, 7) is 4.12. The lowest BCUT2D eigenvalue weighted by Gasteiger charge is -2.43. The van der Waals surface area contributed by atoms with E-state index in [-0.39, 0.29) is 18.0 Å². The van der Waals surface area contributed by atoms with Crippen LogP contribution in [0.2, 0.25) is 6.32 Å². The molecule has 9 heteroatoms. The van der Waals surface area contributed by atoms with Crippen LogP contribution in [0.3, 0.4) is 0 Å². The largest absolute Gasteiger partial charge is 0.507 e. The summed E-state index contributed by atoms with van der Waals surface area (Å²) < 4.78 is 10.7. The third-order valence-electron chi connectivity index (χ3n) is 7.69. The second-order valence-electron chi connectivity index (χ2n) is 9.80. The first-order valence-electron chi connectivity index (χ1n) is 12.8. The van der Waals surface area contributed by atoms with Gasteiger partial charge in [0.25, 0.3) is 0 Å². The molecule has 0 unspecified atom stereocenters. The van der Waals surface area contributed by atoms with Crippen molar-refractivity contribution < 1.29 is 33.9 Å². The summed E-state index contributed by atoms with van der Waals surface area (Å²) in [5.74, 6) is -2.53. The Balaban J connectivity index is 1.62. The number of allylic oxidation sites excluding steroid dienone is 2. The van der Waals surface area contributed by atoms with Crippen LogP contribution in [0.1, 0.15) is 57.9 Å². The molecule has 0 bridgehead atoms. The first kappa shape index (κ1) is 26.2. The second kappa shape index (κ2) is 11.0. The van der Waals surface area contributed by atoms with Crippen molar-refractivity contribution in [3.8, 4) is 5.75 Å². The minimum absolute atomic E-state index is 0.208. The van der Waals surface area contributed by atoms with Crippen molar-refractivity contribution in [1.82, 2.24) is 4.90 Å². The van der Waals surface area contributed by atoms with E-state index in [9.17, 15) is 24.5 Å². The Kier molecular flexibility index (Phi) is 8.00. The van der Waals surface area contributed by atoms with E-state index >= 15 is 0 Å². The molecule has 3 amide bonds. The monoisotopic (exact) mass is 495 g/mol. The van der Waals surface area contributed by atoms with E-state index in [0.29, 0.717) is 30.6 Å². The van der Waals surface area contributed by atoms with Gasteiger partial charge in [-0.15, -0.1) is 0 Å². The van der Waals surface area contributed by atoms with Crippen LogP contribution < -0.4 is 0 Å². The maximum Gasteiger partial charge on any atom is 0.455 e. The number of nitrogens with zero attached hydrogens (tertiary/aromatic N) is 1. The van der Waals surface area contributed by atoms with Gasteiger partial charge in [0.1, 0.15) is 5.75 Å². The molecule has 4 rings (SSSR count). The zero-order valence-electron chi connectivity index (χ0n) is 21.1. The molecule has 3 aliphatic rings. The molecule has 2 N–H and O–H groups in total. The van der Waals surface area contributed by atoms with Crippen molar-refractivity contribution in [1.29, 1.82) is 0 Å². The molecule has 2 fully saturated rings. The molecule has 192 valence electrons. The van der Waals surface area contributed by atoms with Gasteiger partial charge in [0.05, 0.1) is 25.0 Å². The molecule has 4 atom stereocenters. The van der Waals surface area contributed by atoms with Crippen molar-refractivity contribution >= 4 is 31.1 Å². The number of fused-ring (bicyclic) bond motifs is 3. The molecule has 0 aromatic heterocycles. The highest BCUT2D eigenvalue weighted by Crippen LogP contribution is 2.51. The van der Waals surface area contributed by atoms with Gasteiger partial charge < -0.3 is 19.5 Å². The quantitative estimate of drug-likeness (QED) is 0.329. The first-order valence-corrected chi connectivity index (χ1v) is 12.8. The normalized spacial score (nSPS) is 26.3. The van der Waals surface area contributed by atoms with Crippen LogP contribution in [0.15, 0.2) is 41.0 Å². The van der Waals surface area contributed by atoms with Gasteiger partial charge in [0.2, 0.25) is 11.8 Å². The highest BCUT2D eigenvalue weighted by Gasteiger charge is 2.58. The summed E-state index contributed by atoms with van der Waals surface area (Å²) in [7, 11) is 0.0871. The molecule has 2 heterocycles. The molecule has 1 aromatic rings. The van der Waals surface area contributed by atoms with Crippen LogP contribution in [0.5, 0.6) is 5.75 Å². The van der Waals surface area contributed by atoms with Gasteiger partial charge in [0, 0.05) is 5.56 Å². The van der Waals surface area contributed by atoms with E-state index in [2.05, 4.69) is 6.92 Å². The number of imide groups is 3. The van der Waals surface area contributed by atoms with Crippen LogP contribution in [0.25, 0.3) is 6.08 Å². The van der Waals surface area contributed by atoms with E-state index in [1.165, 1.54) is 0 Å². The Hall–Kier alpha value is -2.91. The summed E-state index contributed by atoms with van der Waals surface area (Å²) in [6, 6.07) is 7.20. The Morgan fingerprint density at radius 2 is 1.94 bits per heavy atom. The van der Waals surface area contributed by atoms with E-state index in [4.69, 9.17) is 9.39 Å². The second-order valence-corrected chi connectivity index (χ2v) is 9.80. The number of carbonyl (C=O) groups is 3. The van der Waals surface area contributed by atoms with Crippen molar-refractivity contribution in [2.45, 2.75) is 64.8 Å². The number of likely N-dealkylation sites (tertiary alicyclic amines) is 1. The fourth-order valence-electron chi connectivity index (χ4n) is 6.11. The zero-order chi connectivity index (χ0) is 26.0. The predicted molar refractivity (Wildman–Crippen MR) is 135 cm³/mol. The summed E-state index contributed by atoms with van der Waals surface area (Å²) in [6.07, 6.45) is 5.07. The van der Waals surface area contributed by atoms with Gasteiger partial charge in [-0.2, -0.15) is 4.90 Å². The minimum atomic E-state index is -1.06. The molecule has 2 aliphatic heterocycles. The number of phenols is 1. The molecule has 8 nitrogen and oxygen atoms in total. The number of amides is 3. The number of carbonyl (C=O) groups excluding carboxylic acids is 3. The number of hydrogen-bond acceptors (Lipinski definition) is 7. The Bertz CT molecular complexity index is 1100. The van der Waals surface area contributed by atoms with Crippen LogP contribution in [0.4, 0.5) is 4.79 Å². The predicted octanol–water partition coefficient (Wildman–Crippen LogP) is 4.33. The fraction of sp³-hybridized carbons (Fsp3) is 0.519. The van der Waals surface area contributed by atoms with Crippen molar-refractivity contribution in [3.63, 3.8) is 0 Å². The number of hydrogen-bond donors (Lipinski definition) is 2. The summed E-state index contributed by atoms with van der Waals surface area (Å²) in [4.78, 5) is 39.0. The van der Waals surface area contributed by atoms with Gasteiger partial charge in [-0.05, 0) is 56.0 Å². The van der Waals surface area contributed by atoms with Gasteiger partial charge >= 0.3 is 13.2 Å². The van der Waals surface area contributed by atoms with Crippen LogP contribution >= 0.6 is 0 Å². The Labute approximate surface area is 212 Å². The molecule has 1 aliphatic carbocycles. The van der Waals surface area contributed by atoms with E-state index in [0.717, 1.165) is 42.2 Å². The van der Waals surface area contributed by atoms with Crippen molar-refractivity contribution in [2.24, 2.45) is 17.8 Å². The van der Waals surface area contributed by atoms with Crippen LogP contribution in [0, 0.1) is 17.8 Å². The summed E-state index contributed by atoms with van der Waals surface area (Å²) >= 11 is 0. The maximum atomic E-state index is 13.2. The molecule has 0 spiro atoms. The van der Waals surface area contributed by atoms with Gasteiger partial charge in [-0.3, -0.25) is 9.59 Å². The summed E-state index contributed by atoms with van der Waals surface area (Å²) in [5, 5.41) is 20.8. The van der Waals surface area contributed by atoms with Crippen molar-refractivity contribution in [3.05, 3.63) is 46.5 Å². The average Bonchev–Trinajstić information content (AvgIpc) is 3.12. The van der Waals surface area contributed by atoms with E-state index in [1.54, 1.807) is 12.1 Å². The number of rotatable bonds is 7. The highest BCUT2D eigenvalue weighted by molar-refractivity contribution is 6.43. The third-order valence-corrected chi connectivity index (χ3v) is 7.69. The first-order chi connectivity index (χ1) is 17.3. The lowest BCUT2D eigenvalue weighted by atomic mass is 9.58. The fourth-order valence-corrected chi connectivity index (χ4v) is 6.11. The average molecular weight is 495 g/mol. The molecule has 2 saturated heterocycles. The number of benzene rings is 1. The van der Waals surface area contributed by atoms with Crippen LogP contribution in [-0.4, -0.2) is 53.3 Å². The lowest BCUT2D eigenvalue weighted by molar-refractivity contribution is -0.137. The molecule has 0 saturated carbocycles. The summed E-state index contributed by atoms with van der Waals surface area (Å²) in [5.41, 5.74) is 3.98. The molecule has 1 aromatic carbocycles. The van der Waals surface area contributed by atoms with E-state index in [1.807, 2.05) is 25.1 Å². The maximum absolute atomic E-state index is 13.2. The smallest absolute Gasteiger partial charge is 0.455 e. The SMILES string of the molecule is CCC/C(=C\c1ccccc1O)CC[C@H]1OB(O)C[C@H]2C1=C(CC)C[C@H]1C(=O)N(C(=O)OC)C(=O)[C@H]12. The number of phenolic OH excluding ortho intramolecular Hbond substituents is 1. The van der Waals surface area contributed by atoms with Gasteiger partial charge in [-0.25, -0.2) is 4.79 Å². The third kappa shape index (κ3) is 4.86. The van der Waals surface area contributed by atoms with Gasteiger partial charge in [0.15, 0.2) is 0 Å². The Morgan fingerprint density at radius 1 is 1.19 bits per heavy atom. The lowest BCUT2D eigenvalue weighted by Crippen LogP contribution is -2.46. The van der Waals surface area contributed by atoms with Crippen LogP contribution in [-0.2, 0) is 19.0 Å². The van der Waals surface area contributed by atoms with Gasteiger partial charge in [-0.1, -0.05) is 55.7 Å². The standard InChI is InChI=1S/C27H34BNO7/c1-4-8-16(13-18-9-6-7-10-21(18)30)11-12-22-23-17(5-2)14-19-24(20(23)15-28(34)36-22)26(32)29(25(19)31)27(33)35-3/h6-7,9-10,13,19-20,22,24,30,34H,4-5,8,11-12,14-15H2,1-3H3/b16-13+/t19-,20+,22-,24-/m1/s1. The number of para-hydroxylation sites is 1. The highest BCUT2D eigenvalue weighted by atomic mass is 16.5. The molecular formula is C27H34BNO7. The van der Waals surface area contributed by atoms with E-state index < -0.39 is 43.0 Å². The minimum Gasteiger partial charge on any atom is -0.507 e. The number of methoxy groups -OCH3 is 1.